The van der Waals surface area contributed by atoms with E-state index in [9.17, 15) is 4.39 Å². The van der Waals surface area contributed by atoms with E-state index in [2.05, 4.69) is 0 Å². The van der Waals surface area contributed by atoms with Gasteiger partial charge in [-0.1, -0.05) is 11.6 Å². The van der Waals surface area contributed by atoms with Crippen molar-refractivity contribution < 1.29 is 13.9 Å². The van der Waals surface area contributed by atoms with E-state index in [0.717, 1.165) is 0 Å². The summed E-state index contributed by atoms with van der Waals surface area (Å²) in [5, 5.41) is 0.486. The van der Waals surface area contributed by atoms with Crippen LogP contribution < -0.4 is 15.2 Å². The van der Waals surface area contributed by atoms with Crippen molar-refractivity contribution in [2.45, 2.75) is 12.5 Å². The molecule has 0 amide bonds. The zero-order valence-corrected chi connectivity index (χ0v) is 8.76. The van der Waals surface area contributed by atoms with E-state index in [4.69, 9.17) is 26.8 Å². The smallest absolute Gasteiger partial charge is 0.231 e. The maximum absolute atomic E-state index is 12.2. The van der Waals surface area contributed by atoms with E-state index in [1.807, 2.05) is 0 Å². The van der Waals surface area contributed by atoms with E-state index in [-0.39, 0.29) is 13.2 Å². The van der Waals surface area contributed by atoms with Gasteiger partial charge in [-0.15, -0.1) is 0 Å². The van der Waals surface area contributed by atoms with Crippen LogP contribution in [0.5, 0.6) is 11.5 Å². The number of hydrogen-bond acceptors (Lipinski definition) is 3. The van der Waals surface area contributed by atoms with Crippen LogP contribution in [-0.2, 0) is 0 Å². The summed E-state index contributed by atoms with van der Waals surface area (Å²) in [7, 11) is 0. The summed E-state index contributed by atoms with van der Waals surface area (Å²) >= 11 is 6.00. The minimum atomic E-state index is -0.466. The molecule has 1 aromatic rings. The molecule has 2 N–H and O–H groups in total. The van der Waals surface area contributed by atoms with Gasteiger partial charge in [-0.3, -0.25) is 4.39 Å². The number of nitrogens with two attached hydrogens (primary N) is 1. The molecule has 0 spiro atoms. The molecule has 1 heterocycles. The normalized spacial score (nSPS) is 15.4. The van der Waals surface area contributed by atoms with Gasteiger partial charge in [-0.25, -0.2) is 0 Å². The summed E-state index contributed by atoms with van der Waals surface area (Å²) in [6.45, 7) is -0.278. The maximum atomic E-state index is 12.2. The molecule has 1 atom stereocenters. The molecule has 0 aliphatic carbocycles. The Balaban J connectivity index is 2.31. The highest BCUT2D eigenvalue weighted by molar-refractivity contribution is 6.31. The van der Waals surface area contributed by atoms with Crippen LogP contribution in [0.3, 0.4) is 0 Å². The number of hydrogen-bond donors (Lipinski definition) is 1. The molecular formula is C10H11ClFNO2. The predicted octanol–water partition coefficient (Wildman–Crippen LogP) is 2.43. The van der Waals surface area contributed by atoms with Crippen LogP contribution in [0.25, 0.3) is 0 Å². The Kier molecular flexibility index (Phi) is 2.98. The van der Waals surface area contributed by atoms with Crippen molar-refractivity contribution in [2.75, 3.05) is 13.5 Å². The second-order valence-electron chi connectivity index (χ2n) is 3.31. The van der Waals surface area contributed by atoms with Crippen LogP contribution in [0.1, 0.15) is 18.0 Å². The lowest BCUT2D eigenvalue weighted by atomic mass is 10.0. The third kappa shape index (κ3) is 2.01. The molecule has 0 unspecified atom stereocenters. The second kappa shape index (κ2) is 4.24. The Morgan fingerprint density at radius 1 is 1.40 bits per heavy atom. The van der Waals surface area contributed by atoms with Crippen LogP contribution in [0.2, 0.25) is 5.02 Å². The fourth-order valence-electron chi connectivity index (χ4n) is 1.49. The molecule has 0 aromatic heterocycles. The summed E-state index contributed by atoms with van der Waals surface area (Å²) in [4.78, 5) is 0. The SMILES string of the molecule is N[C@@H](CCF)c1cc2c(cc1Cl)OCO2. The first-order chi connectivity index (χ1) is 7.22. The van der Waals surface area contributed by atoms with Crippen LogP contribution >= 0.6 is 11.6 Å². The third-order valence-corrected chi connectivity index (χ3v) is 2.64. The molecule has 3 nitrogen and oxygen atoms in total. The van der Waals surface area contributed by atoms with Crippen LogP contribution in [0.4, 0.5) is 4.39 Å². The molecule has 1 aliphatic rings. The van der Waals surface area contributed by atoms with Gasteiger partial charge in [0.1, 0.15) is 0 Å². The fourth-order valence-corrected chi connectivity index (χ4v) is 1.78. The molecule has 5 heteroatoms. The predicted molar refractivity (Wildman–Crippen MR) is 55.1 cm³/mol. The molecule has 1 aromatic carbocycles. The van der Waals surface area contributed by atoms with Gasteiger partial charge in [0.25, 0.3) is 0 Å². The third-order valence-electron chi connectivity index (χ3n) is 2.31. The number of rotatable bonds is 3. The number of alkyl halides is 1. The zero-order chi connectivity index (χ0) is 10.8. The minimum absolute atomic E-state index is 0.188. The van der Waals surface area contributed by atoms with Crippen molar-refractivity contribution in [1.82, 2.24) is 0 Å². The molecule has 0 bridgehead atoms. The number of benzene rings is 1. The highest BCUT2D eigenvalue weighted by Crippen LogP contribution is 2.38. The molecule has 1 aliphatic heterocycles. The Morgan fingerprint density at radius 3 is 2.73 bits per heavy atom. The maximum Gasteiger partial charge on any atom is 0.231 e. The Bertz CT molecular complexity index is 373. The van der Waals surface area contributed by atoms with Crippen molar-refractivity contribution >= 4 is 11.6 Å². The monoisotopic (exact) mass is 231 g/mol. The topological polar surface area (TPSA) is 44.5 Å². The summed E-state index contributed by atoms with van der Waals surface area (Å²) in [5.74, 6) is 1.22. The van der Waals surface area contributed by atoms with E-state index in [1.54, 1.807) is 12.1 Å². The molecule has 82 valence electrons. The van der Waals surface area contributed by atoms with Gasteiger partial charge in [0.15, 0.2) is 11.5 Å². The molecule has 0 fully saturated rings. The lowest BCUT2D eigenvalue weighted by Gasteiger charge is -2.12. The van der Waals surface area contributed by atoms with Crippen molar-refractivity contribution in [2.24, 2.45) is 5.73 Å². The summed E-state index contributed by atoms with van der Waals surface area (Å²) in [6.07, 6.45) is 0.249. The van der Waals surface area contributed by atoms with Crippen molar-refractivity contribution in [3.05, 3.63) is 22.7 Å². The van der Waals surface area contributed by atoms with Gasteiger partial charge in [0.05, 0.1) is 6.67 Å². The van der Waals surface area contributed by atoms with Gasteiger partial charge >= 0.3 is 0 Å². The highest BCUT2D eigenvalue weighted by atomic mass is 35.5. The van der Waals surface area contributed by atoms with Gasteiger partial charge < -0.3 is 15.2 Å². The number of halogens is 2. The summed E-state index contributed by atoms with van der Waals surface area (Å²) in [5.41, 5.74) is 6.47. The van der Waals surface area contributed by atoms with Gasteiger partial charge in [0.2, 0.25) is 6.79 Å². The molecular weight excluding hydrogens is 221 g/mol. The van der Waals surface area contributed by atoms with Gasteiger partial charge in [-0.05, 0) is 18.1 Å². The Morgan fingerprint density at radius 2 is 2.07 bits per heavy atom. The fraction of sp³-hybridized carbons (Fsp3) is 0.400. The second-order valence-corrected chi connectivity index (χ2v) is 3.72. The molecule has 0 radical (unpaired) electrons. The average molecular weight is 232 g/mol. The Hall–Kier alpha value is -1.00. The molecule has 2 rings (SSSR count). The van der Waals surface area contributed by atoms with Gasteiger partial charge in [0, 0.05) is 17.1 Å². The quantitative estimate of drug-likeness (QED) is 0.869. The molecule has 0 saturated heterocycles. The zero-order valence-electron chi connectivity index (χ0n) is 8.00. The van der Waals surface area contributed by atoms with Crippen molar-refractivity contribution in [3.8, 4) is 11.5 Å². The van der Waals surface area contributed by atoms with E-state index >= 15 is 0 Å². The largest absolute Gasteiger partial charge is 0.454 e. The first kappa shape index (κ1) is 10.5. The van der Waals surface area contributed by atoms with E-state index < -0.39 is 12.7 Å². The first-order valence-electron chi connectivity index (χ1n) is 4.63. The van der Waals surface area contributed by atoms with Gasteiger partial charge in [-0.2, -0.15) is 0 Å². The summed E-state index contributed by atoms with van der Waals surface area (Å²) < 4.78 is 22.5. The van der Waals surface area contributed by atoms with E-state index in [0.29, 0.717) is 22.1 Å². The first-order valence-corrected chi connectivity index (χ1v) is 5.00. The molecule has 0 saturated carbocycles. The minimum Gasteiger partial charge on any atom is -0.454 e. The van der Waals surface area contributed by atoms with Crippen LogP contribution in [0, 0.1) is 0 Å². The lowest BCUT2D eigenvalue weighted by Crippen LogP contribution is -2.11. The Labute approximate surface area is 91.9 Å². The highest BCUT2D eigenvalue weighted by Gasteiger charge is 2.19. The van der Waals surface area contributed by atoms with Crippen molar-refractivity contribution in [3.63, 3.8) is 0 Å². The summed E-state index contributed by atoms with van der Waals surface area (Å²) in [6, 6.07) is 2.96. The average Bonchev–Trinajstić information content (AvgIpc) is 2.63. The van der Waals surface area contributed by atoms with Crippen molar-refractivity contribution in [1.29, 1.82) is 0 Å². The van der Waals surface area contributed by atoms with Crippen LogP contribution in [0.15, 0.2) is 12.1 Å². The lowest BCUT2D eigenvalue weighted by molar-refractivity contribution is 0.174. The van der Waals surface area contributed by atoms with Crippen LogP contribution in [-0.4, -0.2) is 13.5 Å². The number of fused-ring (bicyclic) bond motifs is 1. The number of ether oxygens (including phenoxy) is 2. The standard InChI is InChI=1S/C10H11ClFNO2/c11-7-4-10-9(14-5-15-10)3-6(7)8(13)1-2-12/h3-4,8H,1-2,5,13H2/t8-/m0/s1. The van der Waals surface area contributed by atoms with E-state index in [1.165, 1.54) is 0 Å². The molecule has 15 heavy (non-hydrogen) atoms.